The number of rotatable bonds is 15. The molecule has 0 aromatic carbocycles. The van der Waals surface area contributed by atoms with Gasteiger partial charge in [-0.05, 0) is 38.5 Å². The van der Waals surface area contributed by atoms with Gasteiger partial charge in [0.15, 0.2) is 6.04 Å². The molecule has 2 N–H and O–H groups in total. The lowest BCUT2D eigenvalue weighted by Crippen LogP contribution is -2.62. The standard InChI is InChI=1S/C19H37NO3/c1-5-9-10-11-13-17(21)16-20(14-7-3,15-8-4)18(12-6-2)19(22)23/h5,17-18,21H,1,6-16H2,2-4H3/p+1. The molecule has 2 atom stereocenters. The fourth-order valence-electron chi connectivity index (χ4n) is 3.71. The minimum absolute atomic E-state index is 0.400. The topological polar surface area (TPSA) is 57.5 Å². The van der Waals surface area contributed by atoms with Gasteiger partial charge in [0.05, 0.1) is 13.1 Å². The number of nitrogens with zero attached hydrogens (tertiary/aromatic N) is 1. The van der Waals surface area contributed by atoms with E-state index in [1.165, 1.54) is 0 Å². The first-order chi connectivity index (χ1) is 11.0. The van der Waals surface area contributed by atoms with Gasteiger partial charge >= 0.3 is 5.97 Å². The Kier molecular flexibility index (Phi) is 12.1. The number of carboxylic acid groups (broad SMARTS) is 1. The van der Waals surface area contributed by atoms with E-state index in [1.807, 2.05) is 13.0 Å². The first-order valence-corrected chi connectivity index (χ1v) is 9.34. The number of aliphatic hydroxyl groups excluding tert-OH is 1. The normalized spacial score (nSPS) is 14.4. The summed E-state index contributed by atoms with van der Waals surface area (Å²) < 4.78 is 0.527. The molecule has 0 radical (unpaired) electrons. The number of hydrogen-bond acceptors (Lipinski definition) is 2. The van der Waals surface area contributed by atoms with Crippen LogP contribution in [0.4, 0.5) is 0 Å². The van der Waals surface area contributed by atoms with E-state index in [0.717, 1.165) is 58.0 Å². The molecule has 0 spiro atoms. The molecule has 0 heterocycles. The summed E-state index contributed by atoms with van der Waals surface area (Å²) in [6.45, 7) is 12.2. The van der Waals surface area contributed by atoms with Crippen molar-refractivity contribution in [2.45, 2.75) is 84.3 Å². The summed E-state index contributed by atoms with van der Waals surface area (Å²) in [7, 11) is 0. The summed E-state index contributed by atoms with van der Waals surface area (Å²) in [6, 6.07) is -0.400. The van der Waals surface area contributed by atoms with Crippen LogP contribution in [-0.2, 0) is 4.79 Å². The molecular weight excluding hydrogens is 290 g/mol. The highest BCUT2D eigenvalue weighted by Gasteiger charge is 2.41. The van der Waals surface area contributed by atoms with Crippen molar-refractivity contribution >= 4 is 5.97 Å². The molecular formula is C19H38NO3+. The molecule has 0 aromatic heterocycles. The zero-order chi connectivity index (χ0) is 17.7. The predicted molar refractivity (Wildman–Crippen MR) is 96.4 cm³/mol. The maximum absolute atomic E-state index is 11.9. The van der Waals surface area contributed by atoms with Crippen molar-refractivity contribution in [2.75, 3.05) is 19.6 Å². The number of unbranched alkanes of at least 4 members (excludes halogenated alkanes) is 2. The van der Waals surface area contributed by atoms with Crippen LogP contribution in [0.2, 0.25) is 0 Å². The van der Waals surface area contributed by atoms with Crippen LogP contribution in [0.1, 0.15) is 72.1 Å². The van der Waals surface area contributed by atoms with Crippen LogP contribution < -0.4 is 0 Å². The van der Waals surface area contributed by atoms with E-state index in [9.17, 15) is 15.0 Å². The Morgan fingerprint density at radius 2 is 1.70 bits per heavy atom. The van der Waals surface area contributed by atoms with E-state index in [4.69, 9.17) is 0 Å². The van der Waals surface area contributed by atoms with Gasteiger partial charge in [-0.3, -0.25) is 0 Å². The van der Waals surface area contributed by atoms with Crippen molar-refractivity contribution in [3.05, 3.63) is 12.7 Å². The highest BCUT2D eigenvalue weighted by Crippen LogP contribution is 2.23. The minimum atomic E-state index is -0.715. The van der Waals surface area contributed by atoms with Gasteiger partial charge in [-0.1, -0.05) is 33.3 Å². The highest BCUT2D eigenvalue weighted by molar-refractivity contribution is 5.72. The third-order valence-electron chi connectivity index (χ3n) is 4.62. The quantitative estimate of drug-likeness (QED) is 0.271. The number of carboxylic acids is 1. The average molecular weight is 329 g/mol. The molecule has 0 aliphatic heterocycles. The van der Waals surface area contributed by atoms with E-state index in [-0.39, 0.29) is 0 Å². The molecule has 0 rings (SSSR count). The molecule has 2 unspecified atom stereocenters. The molecule has 0 aliphatic carbocycles. The third-order valence-corrected chi connectivity index (χ3v) is 4.62. The zero-order valence-electron chi connectivity index (χ0n) is 15.5. The number of hydrogen-bond donors (Lipinski definition) is 2. The minimum Gasteiger partial charge on any atom is -0.477 e. The summed E-state index contributed by atoms with van der Waals surface area (Å²) >= 11 is 0. The van der Waals surface area contributed by atoms with Crippen LogP contribution in [0.3, 0.4) is 0 Å². The van der Waals surface area contributed by atoms with Crippen molar-refractivity contribution in [3.63, 3.8) is 0 Å². The Morgan fingerprint density at radius 1 is 1.09 bits per heavy atom. The lowest BCUT2D eigenvalue weighted by molar-refractivity contribution is -0.946. The Hall–Kier alpha value is -0.870. The van der Waals surface area contributed by atoms with Crippen molar-refractivity contribution in [1.82, 2.24) is 0 Å². The number of carbonyl (C=O) groups is 1. The van der Waals surface area contributed by atoms with E-state index in [1.54, 1.807) is 0 Å². The van der Waals surface area contributed by atoms with Crippen LogP contribution in [0.15, 0.2) is 12.7 Å². The molecule has 4 nitrogen and oxygen atoms in total. The van der Waals surface area contributed by atoms with Gasteiger partial charge in [-0.15, -0.1) is 6.58 Å². The van der Waals surface area contributed by atoms with Gasteiger partial charge in [-0.25, -0.2) is 4.79 Å². The highest BCUT2D eigenvalue weighted by atomic mass is 16.4. The summed E-state index contributed by atoms with van der Waals surface area (Å²) in [5.41, 5.74) is 0. The molecule has 136 valence electrons. The lowest BCUT2D eigenvalue weighted by atomic mass is 10.0. The van der Waals surface area contributed by atoms with Crippen LogP contribution >= 0.6 is 0 Å². The molecule has 0 saturated heterocycles. The van der Waals surface area contributed by atoms with E-state index in [0.29, 0.717) is 17.4 Å². The lowest BCUT2D eigenvalue weighted by Gasteiger charge is -2.44. The largest absolute Gasteiger partial charge is 0.477 e. The number of allylic oxidation sites excluding steroid dienone is 1. The molecule has 23 heavy (non-hydrogen) atoms. The maximum atomic E-state index is 11.9. The van der Waals surface area contributed by atoms with Crippen molar-refractivity contribution in [1.29, 1.82) is 0 Å². The number of quaternary nitrogens is 1. The summed E-state index contributed by atoms with van der Waals surface area (Å²) in [4.78, 5) is 11.9. The number of aliphatic carboxylic acids is 1. The second-order valence-electron chi connectivity index (χ2n) is 6.72. The van der Waals surface area contributed by atoms with Crippen LogP contribution in [-0.4, -0.2) is 52.4 Å². The first kappa shape index (κ1) is 22.1. The molecule has 0 fully saturated rings. The second kappa shape index (κ2) is 12.5. The summed E-state index contributed by atoms with van der Waals surface area (Å²) in [5, 5.41) is 20.2. The van der Waals surface area contributed by atoms with Gasteiger partial charge in [0, 0.05) is 6.42 Å². The summed E-state index contributed by atoms with van der Waals surface area (Å²) in [6.07, 6.45) is 8.64. The summed E-state index contributed by atoms with van der Waals surface area (Å²) in [5.74, 6) is -0.715. The Balaban J connectivity index is 5.07. The monoisotopic (exact) mass is 328 g/mol. The second-order valence-corrected chi connectivity index (χ2v) is 6.72. The third kappa shape index (κ3) is 7.98. The maximum Gasteiger partial charge on any atom is 0.362 e. The van der Waals surface area contributed by atoms with E-state index in [2.05, 4.69) is 20.4 Å². The fourth-order valence-corrected chi connectivity index (χ4v) is 3.71. The molecule has 0 aliphatic rings. The molecule has 0 bridgehead atoms. The fraction of sp³-hybridized carbons (Fsp3) is 0.842. The van der Waals surface area contributed by atoms with E-state index < -0.39 is 18.1 Å². The Labute approximate surface area is 142 Å². The average Bonchev–Trinajstić information content (AvgIpc) is 2.49. The molecule has 0 saturated carbocycles. The number of aliphatic hydroxyl groups is 1. The van der Waals surface area contributed by atoms with Gasteiger partial charge < -0.3 is 14.7 Å². The first-order valence-electron chi connectivity index (χ1n) is 9.34. The predicted octanol–water partition coefficient (Wildman–Crippen LogP) is 3.98. The van der Waals surface area contributed by atoms with Crippen molar-refractivity contribution in [2.24, 2.45) is 0 Å². The SMILES string of the molecule is C=CCCCCC(O)C[N+](CCC)(CCC)C(CCC)C(=O)O. The van der Waals surface area contributed by atoms with Gasteiger partial charge in [0.25, 0.3) is 0 Å². The van der Waals surface area contributed by atoms with Gasteiger partial charge in [0.2, 0.25) is 0 Å². The zero-order valence-corrected chi connectivity index (χ0v) is 15.5. The van der Waals surface area contributed by atoms with Gasteiger partial charge in [-0.2, -0.15) is 0 Å². The van der Waals surface area contributed by atoms with Crippen molar-refractivity contribution < 1.29 is 19.5 Å². The van der Waals surface area contributed by atoms with Gasteiger partial charge in [0.1, 0.15) is 12.6 Å². The Morgan fingerprint density at radius 3 is 2.13 bits per heavy atom. The van der Waals surface area contributed by atoms with Crippen LogP contribution in [0.25, 0.3) is 0 Å². The van der Waals surface area contributed by atoms with E-state index >= 15 is 0 Å². The smallest absolute Gasteiger partial charge is 0.362 e. The van der Waals surface area contributed by atoms with Crippen LogP contribution in [0, 0.1) is 0 Å². The molecule has 0 aromatic rings. The Bertz CT molecular complexity index is 325. The molecule has 4 heteroatoms. The molecule has 0 amide bonds. The van der Waals surface area contributed by atoms with Crippen LogP contribution in [0.5, 0.6) is 0 Å². The van der Waals surface area contributed by atoms with Crippen molar-refractivity contribution in [3.8, 4) is 0 Å².